The van der Waals surface area contributed by atoms with Crippen molar-refractivity contribution in [3.8, 4) is 5.69 Å². The van der Waals surface area contributed by atoms with E-state index in [1.807, 2.05) is 36.4 Å². The predicted octanol–water partition coefficient (Wildman–Crippen LogP) is 4.20. The molecule has 1 fully saturated rings. The predicted molar refractivity (Wildman–Crippen MR) is 108 cm³/mol. The number of likely N-dealkylation sites (tertiary alicyclic amines) is 1. The molecule has 1 atom stereocenters. The first kappa shape index (κ1) is 16.7. The van der Waals surface area contributed by atoms with Gasteiger partial charge in [-0.2, -0.15) is 4.68 Å². The van der Waals surface area contributed by atoms with E-state index >= 15 is 0 Å². The number of para-hydroxylation sites is 2. The highest BCUT2D eigenvalue weighted by Gasteiger charge is 2.29. The quantitative estimate of drug-likeness (QED) is 0.486. The van der Waals surface area contributed by atoms with Gasteiger partial charge in [0.2, 0.25) is 4.77 Å². The normalized spacial score (nSPS) is 17.7. The Morgan fingerprint density at radius 3 is 2.70 bits per heavy atom. The highest BCUT2D eigenvalue weighted by molar-refractivity contribution is 7.71. The maximum atomic E-state index is 5.61. The zero-order valence-electron chi connectivity index (χ0n) is 14.6. The second kappa shape index (κ2) is 6.95. The molecule has 0 radical (unpaired) electrons. The molecule has 136 valence electrons. The van der Waals surface area contributed by atoms with Crippen molar-refractivity contribution in [3.63, 3.8) is 0 Å². The Hall–Kier alpha value is -2.42. The fraction of sp³-hybridized carbons (Fsp3) is 0.263. The Bertz CT molecular complexity index is 1100. The summed E-state index contributed by atoms with van der Waals surface area (Å²) in [4.78, 5) is 7.26. The molecule has 0 bridgehead atoms. The van der Waals surface area contributed by atoms with Crippen molar-refractivity contribution >= 4 is 33.8 Å². The van der Waals surface area contributed by atoms with Gasteiger partial charge in [-0.1, -0.05) is 30.3 Å². The standard InChI is InChI=1S/C19H18N6S2/c26-19-24(21-22-25(19)14-7-2-1-3-8-14)13-23-12-6-10-16(23)18-20-15-9-4-5-11-17(15)27-18/h1-5,7-9,11,16H,6,10,12-13H2/t16-/m1/s1. The second-order valence-electron chi connectivity index (χ2n) is 6.64. The molecule has 0 aliphatic carbocycles. The lowest BCUT2D eigenvalue weighted by Crippen LogP contribution is -2.27. The van der Waals surface area contributed by atoms with Gasteiger partial charge >= 0.3 is 0 Å². The summed E-state index contributed by atoms with van der Waals surface area (Å²) in [6, 6.07) is 18.5. The van der Waals surface area contributed by atoms with E-state index in [1.54, 1.807) is 20.7 Å². The van der Waals surface area contributed by atoms with Crippen LogP contribution in [-0.2, 0) is 6.67 Å². The molecule has 1 aliphatic heterocycles. The molecule has 0 spiro atoms. The van der Waals surface area contributed by atoms with Gasteiger partial charge in [0.15, 0.2) is 0 Å². The first-order chi connectivity index (χ1) is 13.3. The van der Waals surface area contributed by atoms with Crippen molar-refractivity contribution in [2.24, 2.45) is 0 Å². The van der Waals surface area contributed by atoms with Gasteiger partial charge in [0.25, 0.3) is 0 Å². The van der Waals surface area contributed by atoms with E-state index in [-0.39, 0.29) is 0 Å². The van der Waals surface area contributed by atoms with Crippen molar-refractivity contribution in [1.29, 1.82) is 0 Å². The molecule has 27 heavy (non-hydrogen) atoms. The van der Waals surface area contributed by atoms with Gasteiger partial charge in [0.05, 0.1) is 28.6 Å². The molecule has 2 aromatic heterocycles. The first-order valence-electron chi connectivity index (χ1n) is 8.97. The van der Waals surface area contributed by atoms with E-state index in [1.165, 1.54) is 9.71 Å². The summed E-state index contributed by atoms with van der Waals surface area (Å²) in [5.41, 5.74) is 2.01. The van der Waals surface area contributed by atoms with Crippen LogP contribution < -0.4 is 0 Å². The Labute approximate surface area is 165 Å². The van der Waals surface area contributed by atoms with Crippen LogP contribution in [0.4, 0.5) is 0 Å². The molecule has 4 aromatic rings. The fourth-order valence-corrected chi connectivity index (χ4v) is 4.95. The number of benzene rings is 2. The van der Waals surface area contributed by atoms with Gasteiger partial charge in [-0.25, -0.2) is 9.67 Å². The van der Waals surface area contributed by atoms with Gasteiger partial charge in [-0.05, 0) is 59.8 Å². The summed E-state index contributed by atoms with van der Waals surface area (Å²) in [5, 5.41) is 9.72. The minimum Gasteiger partial charge on any atom is -0.275 e. The molecule has 2 aromatic carbocycles. The maximum Gasteiger partial charge on any atom is 0.221 e. The van der Waals surface area contributed by atoms with Gasteiger partial charge in [-0.15, -0.1) is 11.3 Å². The molecule has 6 nitrogen and oxygen atoms in total. The van der Waals surface area contributed by atoms with Crippen LogP contribution in [0.15, 0.2) is 54.6 Å². The molecule has 8 heteroatoms. The van der Waals surface area contributed by atoms with Crippen molar-refractivity contribution in [3.05, 3.63) is 64.4 Å². The van der Waals surface area contributed by atoms with Crippen molar-refractivity contribution < 1.29 is 0 Å². The minimum atomic E-state index is 0.311. The third-order valence-electron chi connectivity index (χ3n) is 4.91. The molecule has 3 heterocycles. The largest absolute Gasteiger partial charge is 0.275 e. The molecular formula is C19H18N6S2. The molecule has 0 saturated carbocycles. The lowest BCUT2D eigenvalue weighted by Gasteiger charge is -2.21. The fourth-order valence-electron chi connectivity index (χ4n) is 3.57. The Morgan fingerprint density at radius 1 is 1.04 bits per heavy atom. The van der Waals surface area contributed by atoms with Gasteiger partial charge in [0, 0.05) is 6.54 Å². The van der Waals surface area contributed by atoms with Crippen LogP contribution in [0.1, 0.15) is 23.9 Å². The number of aromatic nitrogens is 5. The van der Waals surface area contributed by atoms with Crippen LogP contribution >= 0.6 is 23.6 Å². The molecule has 0 unspecified atom stereocenters. The average molecular weight is 395 g/mol. The summed E-state index contributed by atoms with van der Waals surface area (Å²) in [5.74, 6) is 0. The molecular weight excluding hydrogens is 376 g/mol. The Morgan fingerprint density at radius 2 is 1.85 bits per heavy atom. The summed E-state index contributed by atoms with van der Waals surface area (Å²) in [6.07, 6.45) is 2.26. The summed E-state index contributed by atoms with van der Waals surface area (Å²) in [7, 11) is 0. The third kappa shape index (κ3) is 3.09. The van der Waals surface area contributed by atoms with Crippen LogP contribution in [0.2, 0.25) is 0 Å². The number of hydrogen-bond acceptors (Lipinski definition) is 6. The van der Waals surface area contributed by atoms with Crippen molar-refractivity contribution in [2.75, 3.05) is 6.54 Å². The smallest absolute Gasteiger partial charge is 0.221 e. The number of tetrazole rings is 1. The summed E-state index contributed by atoms with van der Waals surface area (Å²) in [6.45, 7) is 1.65. The van der Waals surface area contributed by atoms with E-state index in [2.05, 4.69) is 33.5 Å². The topological polar surface area (TPSA) is 51.8 Å². The van der Waals surface area contributed by atoms with Crippen LogP contribution in [0, 0.1) is 4.77 Å². The molecule has 1 aliphatic rings. The van der Waals surface area contributed by atoms with E-state index in [9.17, 15) is 0 Å². The van der Waals surface area contributed by atoms with E-state index in [0.29, 0.717) is 17.5 Å². The van der Waals surface area contributed by atoms with Crippen LogP contribution in [0.3, 0.4) is 0 Å². The Balaban J connectivity index is 1.42. The summed E-state index contributed by atoms with van der Waals surface area (Å²) >= 11 is 7.40. The number of thiazole rings is 1. The molecule has 5 rings (SSSR count). The van der Waals surface area contributed by atoms with Gasteiger partial charge in [0.1, 0.15) is 5.01 Å². The highest BCUT2D eigenvalue weighted by Crippen LogP contribution is 2.36. The van der Waals surface area contributed by atoms with Gasteiger partial charge in [-0.3, -0.25) is 4.90 Å². The third-order valence-corrected chi connectivity index (χ3v) is 6.44. The lowest BCUT2D eigenvalue weighted by molar-refractivity contribution is 0.188. The van der Waals surface area contributed by atoms with Crippen molar-refractivity contribution in [2.45, 2.75) is 25.6 Å². The number of rotatable bonds is 4. The number of nitrogens with zero attached hydrogens (tertiary/aromatic N) is 6. The average Bonchev–Trinajstić information content (AvgIpc) is 3.41. The van der Waals surface area contributed by atoms with Gasteiger partial charge < -0.3 is 0 Å². The zero-order valence-corrected chi connectivity index (χ0v) is 16.2. The van der Waals surface area contributed by atoms with E-state index in [0.717, 1.165) is 30.6 Å². The molecule has 1 saturated heterocycles. The molecule has 0 N–H and O–H groups in total. The van der Waals surface area contributed by atoms with Crippen LogP contribution in [0.25, 0.3) is 15.9 Å². The van der Waals surface area contributed by atoms with E-state index in [4.69, 9.17) is 17.2 Å². The minimum absolute atomic E-state index is 0.311. The Kier molecular flexibility index (Phi) is 4.31. The number of fused-ring (bicyclic) bond motifs is 1. The summed E-state index contributed by atoms with van der Waals surface area (Å²) < 4.78 is 5.36. The first-order valence-corrected chi connectivity index (χ1v) is 10.2. The maximum absolute atomic E-state index is 5.61. The van der Waals surface area contributed by atoms with Crippen LogP contribution in [-0.4, -0.2) is 36.2 Å². The van der Waals surface area contributed by atoms with E-state index < -0.39 is 0 Å². The number of hydrogen-bond donors (Lipinski definition) is 0. The van der Waals surface area contributed by atoms with Crippen molar-refractivity contribution in [1.82, 2.24) is 29.7 Å². The zero-order chi connectivity index (χ0) is 18.2. The lowest BCUT2D eigenvalue weighted by atomic mass is 10.2. The highest BCUT2D eigenvalue weighted by atomic mass is 32.1. The SMILES string of the molecule is S=c1n(CN2CCC[C@@H]2c2nc3ccccc3s2)nnn1-c1ccccc1. The molecule has 0 amide bonds. The van der Waals surface area contributed by atoms with Crippen LogP contribution in [0.5, 0.6) is 0 Å². The second-order valence-corrected chi connectivity index (χ2v) is 8.07. The monoisotopic (exact) mass is 394 g/mol.